The third kappa shape index (κ3) is 8.35. The van der Waals surface area contributed by atoms with Gasteiger partial charge in [0.15, 0.2) is 17.4 Å². The van der Waals surface area contributed by atoms with Crippen molar-refractivity contribution in [3.63, 3.8) is 0 Å². The molecule has 29 heavy (non-hydrogen) atoms. The molecule has 1 aliphatic rings. The maximum Gasteiger partial charge on any atom is 0.466 e. The Morgan fingerprint density at radius 3 is 1.93 bits per heavy atom. The summed E-state index contributed by atoms with van der Waals surface area (Å²) < 4.78 is 24.5. The molecule has 2 aromatic heterocycles. The van der Waals surface area contributed by atoms with E-state index in [0.717, 1.165) is 6.33 Å². The summed E-state index contributed by atoms with van der Waals surface area (Å²) in [4.78, 5) is 54.6. The first-order chi connectivity index (χ1) is 13.1. The summed E-state index contributed by atoms with van der Waals surface area (Å²) in [7, 11) is -9.28. The van der Waals surface area contributed by atoms with Crippen molar-refractivity contribution in [1.29, 1.82) is 0 Å². The number of hydrogen-bond acceptors (Lipinski definition) is 10. The SMILES string of the molecule is O=P(O)(O)O.O=P(O)(O)O.OC[C@H]1O[C@@H](n2cnc3c(O)ncnc32)[C@H](O)[C@@H]1O. The number of aliphatic hydroxyl groups excluding tert-OH is 3. The molecule has 1 aliphatic heterocycles. The maximum absolute atomic E-state index is 9.92. The highest BCUT2D eigenvalue weighted by Gasteiger charge is 2.44. The monoisotopic (exact) mass is 464 g/mol. The summed E-state index contributed by atoms with van der Waals surface area (Å²) in [6.07, 6.45) is -1.79. The Labute approximate surface area is 160 Å². The Balaban J connectivity index is 0.000000353. The van der Waals surface area contributed by atoms with Gasteiger partial charge in [0.2, 0.25) is 5.88 Å². The van der Waals surface area contributed by atoms with Crippen LogP contribution in [-0.4, -0.2) is 94.2 Å². The summed E-state index contributed by atoms with van der Waals surface area (Å²) in [6.45, 7) is -0.415. The zero-order chi connectivity index (χ0) is 22.6. The summed E-state index contributed by atoms with van der Waals surface area (Å²) in [6, 6.07) is 0. The Morgan fingerprint density at radius 1 is 0.966 bits per heavy atom. The molecular weight excluding hydrogens is 446 g/mol. The Hall–Kier alpha value is -1.59. The highest BCUT2D eigenvalue weighted by Crippen LogP contribution is 2.32. The van der Waals surface area contributed by atoms with E-state index in [1.807, 2.05) is 0 Å². The van der Waals surface area contributed by atoms with E-state index in [2.05, 4.69) is 15.0 Å². The molecule has 0 amide bonds. The van der Waals surface area contributed by atoms with Gasteiger partial charge in [0, 0.05) is 0 Å². The second kappa shape index (κ2) is 9.94. The Bertz CT molecular complexity index is 860. The van der Waals surface area contributed by atoms with Crippen LogP contribution in [0, 0.1) is 0 Å². The van der Waals surface area contributed by atoms with Crippen molar-refractivity contribution in [2.24, 2.45) is 0 Å². The molecule has 0 saturated carbocycles. The van der Waals surface area contributed by atoms with Crippen molar-refractivity contribution in [2.45, 2.75) is 24.5 Å². The van der Waals surface area contributed by atoms with Gasteiger partial charge in [-0.1, -0.05) is 0 Å². The molecule has 10 N–H and O–H groups in total. The van der Waals surface area contributed by atoms with Crippen LogP contribution >= 0.6 is 15.6 Å². The van der Waals surface area contributed by atoms with E-state index in [-0.39, 0.29) is 17.0 Å². The minimum atomic E-state index is -4.64. The van der Waals surface area contributed by atoms with Crippen LogP contribution in [0.2, 0.25) is 0 Å². The van der Waals surface area contributed by atoms with Crippen LogP contribution in [-0.2, 0) is 13.9 Å². The van der Waals surface area contributed by atoms with Gasteiger partial charge < -0.3 is 54.5 Å². The lowest BCUT2D eigenvalue weighted by molar-refractivity contribution is -0.0511. The van der Waals surface area contributed by atoms with Crippen molar-refractivity contribution in [1.82, 2.24) is 19.5 Å². The van der Waals surface area contributed by atoms with Gasteiger partial charge in [0.05, 0.1) is 12.9 Å². The predicted octanol–water partition coefficient (Wildman–Crippen LogP) is -3.71. The van der Waals surface area contributed by atoms with Crippen LogP contribution in [0.25, 0.3) is 11.2 Å². The summed E-state index contributed by atoms with van der Waals surface area (Å²) in [5.41, 5.74) is 0.433. The molecule has 0 radical (unpaired) electrons. The zero-order valence-corrected chi connectivity index (χ0v) is 15.8. The van der Waals surface area contributed by atoms with Gasteiger partial charge in [0.1, 0.15) is 24.6 Å². The molecule has 1 fully saturated rings. The molecule has 0 unspecified atom stereocenters. The molecule has 3 rings (SSSR count). The largest absolute Gasteiger partial charge is 0.492 e. The summed E-state index contributed by atoms with van der Waals surface area (Å²) in [5, 5.41) is 38.2. The zero-order valence-electron chi connectivity index (χ0n) is 14.1. The van der Waals surface area contributed by atoms with Gasteiger partial charge in [-0.2, -0.15) is 4.98 Å². The second-order valence-corrected chi connectivity index (χ2v) is 7.33. The van der Waals surface area contributed by atoms with Crippen molar-refractivity contribution in [3.05, 3.63) is 12.7 Å². The normalized spacial score (nSPS) is 24.4. The van der Waals surface area contributed by atoms with Crippen LogP contribution in [0.4, 0.5) is 0 Å². The first-order valence-electron chi connectivity index (χ1n) is 7.19. The van der Waals surface area contributed by atoms with E-state index in [0.29, 0.717) is 0 Å². The molecule has 2 aromatic rings. The smallest absolute Gasteiger partial charge is 0.466 e. The van der Waals surface area contributed by atoms with Gasteiger partial charge >= 0.3 is 15.6 Å². The predicted molar refractivity (Wildman–Crippen MR) is 88.5 cm³/mol. The fraction of sp³-hybridized carbons (Fsp3) is 0.500. The topological polar surface area (TPSA) is 289 Å². The highest BCUT2D eigenvalue weighted by atomic mass is 31.2. The molecule has 3 heterocycles. The van der Waals surface area contributed by atoms with E-state index in [1.54, 1.807) is 0 Å². The van der Waals surface area contributed by atoms with Crippen molar-refractivity contribution >= 4 is 26.8 Å². The molecule has 17 nitrogen and oxygen atoms in total. The van der Waals surface area contributed by atoms with Gasteiger partial charge in [0.25, 0.3) is 0 Å². The number of phosphoric acid groups is 2. The number of aromatic hydroxyl groups is 1. The van der Waals surface area contributed by atoms with Crippen LogP contribution in [0.1, 0.15) is 6.23 Å². The number of nitrogens with zero attached hydrogens (tertiary/aromatic N) is 4. The molecule has 19 heteroatoms. The van der Waals surface area contributed by atoms with E-state index in [4.69, 9.17) is 48.3 Å². The molecule has 0 bridgehead atoms. The summed E-state index contributed by atoms with van der Waals surface area (Å²) >= 11 is 0. The number of aliphatic hydroxyl groups is 3. The average Bonchev–Trinajstić information content (AvgIpc) is 3.08. The molecule has 0 aromatic carbocycles. The lowest BCUT2D eigenvalue weighted by atomic mass is 10.1. The second-order valence-electron chi connectivity index (χ2n) is 5.28. The van der Waals surface area contributed by atoms with E-state index < -0.39 is 46.8 Å². The molecule has 1 saturated heterocycles. The van der Waals surface area contributed by atoms with Gasteiger partial charge in [-0.3, -0.25) is 4.57 Å². The average molecular weight is 464 g/mol. The van der Waals surface area contributed by atoms with Crippen LogP contribution in [0.15, 0.2) is 12.7 Å². The fourth-order valence-corrected chi connectivity index (χ4v) is 2.14. The number of aromatic nitrogens is 4. The molecule has 0 spiro atoms. The molecule has 0 aliphatic carbocycles. The van der Waals surface area contributed by atoms with Crippen molar-refractivity contribution in [3.8, 4) is 5.88 Å². The van der Waals surface area contributed by atoms with E-state index in [1.165, 1.54) is 10.9 Å². The van der Waals surface area contributed by atoms with E-state index >= 15 is 0 Å². The van der Waals surface area contributed by atoms with E-state index in [9.17, 15) is 15.3 Å². The van der Waals surface area contributed by atoms with Gasteiger partial charge in [-0.05, 0) is 0 Å². The lowest BCUT2D eigenvalue weighted by Gasteiger charge is -2.16. The Morgan fingerprint density at radius 2 is 1.48 bits per heavy atom. The minimum absolute atomic E-state index is 0.167. The highest BCUT2D eigenvalue weighted by molar-refractivity contribution is 7.45. The summed E-state index contributed by atoms with van der Waals surface area (Å²) in [5.74, 6) is -0.282. The Kier molecular flexibility index (Phi) is 8.73. The fourth-order valence-electron chi connectivity index (χ4n) is 2.14. The molecule has 4 atom stereocenters. The molecular formula is C10H18N4O13P2. The third-order valence-corrected chi connectivity index (χ3v) is 3.13. The number of rotatable bonds is 2. The number of ether oxygens (including phenoxy) is 1. The van der Waals surface area contributed by atoms with Crippen LogP contribution in [0.5, 0.6) is 5.88 Å². The van der Waals surface area contributed by atoms with Crippen LogP contribution < -0.4 is 0 Å². The molecule has 166 valence electrons. The third-order valence-electron chi connectivity index (χ3n) is 3.13. The quantitative estimate of drug-likeness (QED) is 0.191. The van der Waals surface area contributed by atoms with Crippen LogP contribution in [0.3, 0.4) is 0 Å². The lowest BCUT2D eigenvalue weighted by Crippen LogP contribution is -2.33. The van der Waals surface area contributed by atoms with Crippen molar-refractivity contribution < 1.29 is 63.7 Å². The van der Waals surface area contributed by atoms with Crippen molar-refractivity contribution in [2.75, 3.05) is 6.61 Å². The minimum Gasteiger partial charge on any atom is -0.492 e. The van der Waals surface area contributed by atoms with Gasteiger partial charge in [-0.25, -0.2) is 19.1 Å². The number of imidazole rings is 1. The maximum atomic E-state index is 9.92. The standard InChI is InChI=1S/C10H12N4O5.2H3O4P/c15-1-4-6(16)7(17)10(19-4)14-3-13-5-8(14)11-2-12-9(5)18;2*1-5(2,3)4/h2-4,6-7,10,15-17H,1H2,(H,11,12,18);2*(H3,1,2,3,4)/t4-,6-,7-,10-;;/m1../s1. The van der Waals surface area contributed by atoms with Gasteiger partial charge in [-0.15, -0.1) is 0 Å². The number of hydrogen-bond donors (Lipinski definition) is 10. The first kappa shape index (κ1) is 25.4. The number of fused-ring (bicyclic) bond motifs is 1. The first-order valence-corrected chi connectivity index (χ1v) is 10.3.